The molecule has 4 heterocycles. The largest absolute Gasteiger partial charge is 0.448 e. The van der Waals surface area contributed by atoms with E-state index in [2.05, 4.69) is 20.0 Å². The minimum absolute atomic E-state index is 0.0514. The topological polar surface area (TPSA) is 96.7 Å². The van der Waals surface area contributed by atoms with E-state index in [1.165, 1.54) is 11.2 Å². The average molecular weight is 385 g/mol. The number of cyclic esters (lactones) is 1. The highest BCUT2D eigenvalue weighted by Crippen LogP contribution is 2.17. The molecule has 0 spiro atoms. The molecule has 0 radical (unpaired) electrons. The number of hydrogen-bond acceptors (Lipinski definition) is 7. The van der Waals surface area contributed by atoms with E-state index >= 15 is 0 Å². The fourth-order valence-corrected chi connectivity index (χ4v) is 3.50. The van der Waals surface area contributed by atoms with Crippen molar-refractivity contribution in [1.82, 2.24) is 29.5 Å². The number of nitrogens with zero attached hydrogens (tertiary/aromatic N) is 7. The highest BCUT2D eigenvalue weighted by atomic mass is 16.6. The molecule has 0 aromatic carbocycles. The summed E-state index contributed by atoms with van der Waals surface area (Å²) in [4.78, 5) is 38.0. The summed E-state index contributed by atoms with van der Waals surface area (Å²) in [7, 11) is 0. The second kappa shape index (κ2) is 7.45. The van der Waals surface area contributed by atoms with E-state index in [-0.39, 0.29) is 12.5 Å². The SMILES string of the molecule is Cc1cc(C)n(-c2cc(N3CCN(C(=O)CN4CCOC4=O)CC3)ncn2)n1. The van der Waals surface area contributed by atoms with Gasteiger partial charge in [0.15, 0.2) is 5.82 Å². The molecule has 2 aliphatic rings. The molecule has 10 nitrogen and oxygen atoms in total. The number of piperazine rings is 1. The van der Waals surface area contributed by atoms with Gasteiger partial charge in [0.1, 0.15) is 25.3 Å². The van der Waals surface area contributed by atoms with Gasteiger partial charge in [-0.25, -0.2) is 19.4 Å². The summed E-state index contributed by atoms with van der Waals surface area (Å²) in [5.74, 6) is 1.49. The molecule has 0 atom stereocenters. The third-order valence-corrected chi connectivity index (χ3v) is 4.99. The van der Waals surface area contributed by atoms with Gasteiger partial charge in [-0.1, -0.05) is 0 Å². The molecule has 2 aromatic rings. The number of aryl methyl sites for hydroxylation is 2. The lowest BCUT2D eigenvalue weighted by Gasteiger charge is -2.35. The summed E-state index contributed by atoms with van der Waals surface area (Å²) in [6.07, 6.45) is 1.13. The van der Waals surface area contributed by atoms with Crippen LogP contribution in [0, 0.1) is 13.8 Å². The maximum absolute atomic E-state index is 12.4. The number of aromatic nitrogens is 4. The van der Waals surface area contributed by atoms with E-state index in [1.54, 1.807) is 9.58 Å². The predicted octanol–water partition coefficient (Wildman–Crippen LogP) is 0.380. The van der Waals surface area contributed by atoms with Crippen LogP contribution < -0.4 is 4.90 Å². The summed E-state index contributed by atoms with van der Waals surface area (Å²) in [5.41, 5.74) is 1.95. The maximum atomic E-state index is 12.4. The third kappa shape index (κ3) is 3.62. The molecule has 2 aromatic heterocycles. The fraction of sp³-hybridized carbons (Fsp3) is 0.500. The first-order valence-corrected chi connectivity index (χ1v) is 9.31. The molecule has 148 valence electrons. The first-order chi connectivity index (χ1) is 13.5. The molecular formula is C18H23N7O3. The van der Waals surface area contributed by atoms with Crippen molar-refractivity contribution in [2.45, 2.75) is 13.8 Å². The van der Waals surface area contributed by atoms with Crippen molar-refractivity contribution in [3.8, 4) is 5.82 Å². The van der Waals surface area contributed by atoms with Gasteiger partial charge in [-0.2, -0.15) is 5.10 Å². The number of anilines is 1. The van der Waals surface area contributed by atoms with Gasteiger partial charge in [0.05, 0.1) is 12.2 Å². The molecule has 4 rings (SSSR count). The number of ether oxygens (including phenoxy) is 1. The molecule has 10 heteroatoms. The first kappa shape index (κ1) is 18.2. The zero-order valence-electron chi connectivity index (χ0n) is 16.0. The Balaban J connectivity index is 1.38. The van der Waals surface area contributed by atoms with Gasteiger partial charge < -0.3 is 14.5 Å². The molecule has 0 unspecified atom stereocenters. The van der Waals surface area contributed by atoms with Crippen molar-refractivity contribution in [3.63, 3.8) is 0 Å². The van der Waals surface area contributed by atoms with Crippen LogP contribution in [0.15, 0.2) is 18.5 Å². The molecular weight excluding hydrogens is 362 g/mol. The van der Waals surface area contributed by atoms with Crippen LogP contribution in [-0.4, -0.2) is 87.4 Å². The Bertz CT molecular complexity index is 889. The number of hydrogen-bond donors (Lipinski definition) is 0. The van der Waals surface area contributed by atoms with E-state index in [0.29, 0.717) is 39.3 Å². The predicted molar refractivity (Wildman–Crippen MR) is 100 cm³/mol. The maximum Gasteiger partial charge on any atom is 0.410 e. The molecule has 0 N–H and O–H groups in total. The van der Waals surface area contributed by atoms with Crippen LogP contribution in [0.25, 0.3) is 5.82 Å². The van der Waals surface area contributed by atoms with Gasteiger partial charge in [0, 0.05) is 37.9 Å². The number of rotatable bonds is 4. The van der Waals surface area contributed by atoms with Crippen molar-refractivity contribution in [2.75, 3.05) is 50.8 Å². The van der Waals surface area contributed by atoms with Crippen molar-refractivity contribution in [2.24, 2.45) is 0 Å². The van der Waals surface area contributed by atoms with Gasteiger partial charge in [0.25, 0.3) is 0 Å². The quantitative estimate of drug-likeness (QED) is 0.751. The molecule has 0 aliphatic carbocycles. The zero-order valence-corrected chi connectivity index (χ0v) is 16.0. The fourth-order valence-electron chi connectivity index (χ4n) is 3.50. The molecule has 28 heavy (non-hydrogen) atoms. The Labute approximate surface area is 162 Å². The Morgan fingerprint density at radius 1 is 1.07 bits per heavy atom. The second-order valence-electron chi connectivity index (χ2n) is 6.98. The standard InChI is InChI=1S/C18H23N7O3/c1-13-9-14(2)25(21-13)16-10-15(19-12-20-16)22-3-5-23(6-4-22)17(26)11-24-7-8-28-18(24)27/h9-10,12H,3-8,11H2,1-2H3. The highest BCUT2D eigenvalue weighted by molar-refractivity contribution is 5.83. The van der Waals surface area contributed by atoms with Crippen LogP contribution in [0.1, 0.15) is 11.4 Å². The van der Waals surface area contributed by atoms with E-state index in [0.717, 1.165) is 23.0 Å². The molecule has 2 saturated heterocycles. The van der Waals surface area contributed by atoms with Crippen LogP contribution in [0.2, 0.25) is 0 Å². The average Bonchev–Trinajstić information content (AvgIpc) is 3.26. The third-order valence-electron chi connectivity index (χ3n) is 4.99. The summed E-state index contributed by atoms with van der Waals surface area (Å²) in [6.45, 7) is 7.35. The lowest BCUT2D eigenvalue weighted by Crippen LogP contribution is -2.51. The Morgan fingerprint density at radius 2 is 1.82 bits per heavy atom. The number of carbonyl (C=O) groups excluding carboxylic acids is 2. The Morgan fingerprint density at radius 3 is 2.46 bits per heavy atom. The number of carbonyl (C=O) groups is 2. The summed E-state index contributed by atoms with van der Waals surface area (Å²) in [6, 6.07) is 3.92. The van der Waals surface area contributed by atoms with Gasteiger partial charge in [0.2, 0.25) is 5.91 Å². The molecule has 2 amide bonds. The minimum atomic E-state index is -0.412. The van der Waals surface area contributed by atoms with E-state index in [1.807, 2.05) is 26.0 Å². The van der Waals surface area contributed by atoms with Crippen LogP contribution >= 0.6 is 0 Å². The first-order valence-electron chi connectivity index (χ1n) is 9.31. The van der Waals surface area contributed by atoms with Crippen LogP contribution in [0.4, 0.5) is 10.6 Å². The van der Waals surface area contributed by atoms with Crippen LogP contribution in [-0.2, 0) is 9.53 Å². The molecule has 2 fully saturated rings. The Kier molecular flexibility index (Phi) is 4.84. The van der Waals surface area contributed by atoms with Crippen LogP contribution in [0.5, 0.6) is 0 Å². The summed E-state index contributed by atoms with van der Waals surface area (Å²) >= 11 is 0. The van der Waals surface area contributed by atoms with Crippen LogP contribution in [0.3, 0.4) is 0 Å². The molecule has 0 saturated carbocycles. The van der Waals surface area contributed by atoms with Crippen molar-refractivity contribution in [1.29, 1.82) is 0 Å². The number of amides is 2. The van der Waals surface area contributed by atoms with E-state index in [4.69, 9.17) is 4.74 Å². The lowest BCUT2D eigenvalue weighted by atomic mass is 10.3. The molecule has 2 aliphatic heterocycles. The monoisotopic (exact) mass is 385 g/mol. The van der Waals surface area contributed by atoms with Gasteiger partial charge >= 0.3 is 6.09 Å². The van der Waals surface area contributed by atoms with Gasteiger partial charge in [-0.3, -0.25) is 9.69 Å². The second-order valence-corrected chi connectivity index (χ2v) is 6.98. The lowest BCUT2D eigenvalue weighted by molar-refractivity contribution is -0.132. The van der Waals surface area contributed by atoms with Crippen molar-refractivity contribution in [3.05, 3.63) is 29.8 Å². The normalized spacial score (nSPS) is 17.2. The van der Waals surface area contributed by atoms with Crippen molar-refractivity contribution >= 4 is 17.8 Å². The van der Waals surface area contributed by atoms with Gasteiger partial charge in [-0.15, -0.1) is 0 Å². The molecule has 0 bridgehead atoms. The summed E-state index contributed by atoms with van der Waals surface area (Å²) < 4.78 is 6.67. The van der Waals surface area contributed by atoms with Gasteiger partial charge in [-0.05, 0) is 19.9 Å². The van der Waals surface area contributed by atoms with Crippen molar-refractivity contribution < 1.29 is 14.3 Å². The zero-order chi connectivity index (χ0) is 19.7. The highest BCUT2D eigenvalue weighted by Gasteiger charge is 2.28. The smallest absolute Gasteiger partial charge is 0.410 e. The Hall–Kier alpha value is -3.17. The minimum Gasteiger partial charge on any atom is -0.448 e. The van der Waals surface area contributed by atoms with E-state index < -0.39 is 6.09 Å². The summed E-state index contributed by atoms with van der Waals surface area (Å²) in [5, 5.41) is 4.47. The van der Waals surface area contributed by atoms with E-state index in [9.17, 15) is 9.59 Å².